The first kappa shape index (κ1) is 20.8. The fourth-order valence-corrected chi connectivity index (χ4v) is 2.09. The van der Waals surface area contributed by atoms with Crippen LogP contribution >= 0.6 is 11.6 Å². The fraction of sp³-hybridized carbons (Fsp3) is 0.444. The molecule has 0 radical (unpaired) electrons. The molecule has 1 atom stereocenters. The Morgan fingerprint density at radius 3 is 2.52 bits per heavy atom. The molecule has 136 valence electrons. The van der Waals surface area contributed by atoms with Gasteiger partial charge in [-0.1, -0.05) is 24.6 Å². The van der Waals surface area contributed by atoms with Gasteiger partial charge in [-0.05, 0) is 39.3 Å². The van der Waals surface area contributed by atoms with Gasteiger partial charge in [0.05, 0.1) is 29.0 Å². The standard InChI is InChI=1S/C18H22ClNO5/c1-5-9-24-17(22)14(12(4)21)10-20-15-8-6-7-13(16(15)19)18(23)25-11(2)3/h6-8,10-11,14H,5,9H2,1-4H3. The molecule has 0 aliphatic heterocycles. The van der Waals surface area contributed by atoms with E-state index in [0.717, 1.165) is 0 Å². The number of aliphatic imine (C=N–C) groups is 1. The summed E-state index contributed by atoms with van der Waals surface area (Å²) in [6.07, 6.45) is 1.55. The van der Waals surface area contributed by atoms with Gasteiger partial charge in [0, 0.05) is 6.21 Å². The monoisotopic (exact) mass is 367 g/mol. The second kappa shape index (κ2) is 9.93. The summed E-state index contributed by atoms with van der Waals surface area (Å²) < 4.78 is 10.1. The highest BCUT2D eigenvalue weighted by molar-refractivity contribution is 6.36. The number of carbonyl (C=O) groups is 3. The van der Waals surface area contributed by atoms with Gasteiger partial charge in [-0.2, -0.15) is 0 Å². The Bertz CT molecular complexity index is 669. The molecule has 0 spiro atoms. The number of ketones is 1. The Balaban J connectivity index is 3.04. The van der Waals surface area contributed by atoms with Crippen LogP contribution in [0.3, 0.4) is 0 Å². The molecule has 0 N–H and O–H groups in total. The second-order valence-corrected chi connectivity index (χ2v) is 6.00. The summed E-state index contributed by atoms with van der Waals surface area (Å²) in [5.41, 5.74) is 0.423. The molecule has 0 fully saturated rings. The zero-order valence-corrected chi connectivity index (χ0v) is 15.5. The van der Waals surface area contributed by atoms with Crippen molar-refractivity contribution >= 4 is 41.2 Å². The lowest BCUT2D eigenvalue weighted by molar-refractivity contribution is -0.148. The van der Waals surface area contributed by atoms with E-state index in [0.29, 0.717) is 6.42 Å². The molecular formula is C18H22ClNO5. The highest BCUT2D eigenvalue weighted by Gasteiger charge is 2.23. The molecule has 0 aliphatic carbocycles. The zero-order chi connectivity index (χ0) is 19.0. The summed E-state index contributed by atoms with van der Waals surface area (Å²) in [6, 6.07) is 4.68. The molecule has 1 aromatic rings. The summed E-state index contributed by atoms with van der Waals surface area (Å²) in [6.45, 7) is 6.82. The SMILES string of the molecule is CCCOC(=O)C(C=Nc1cccc(C(=O)OC(C)C)c1Cl)C(C)=O. The van der Waals surface area contributed by atoms with Crippen molar-refractivity contribution in [3.05, 3.63) is 28.8 Å². The number of benzene rings is 1. The number of hydrogen-bond donors (Lipinski definition) is 0. The van der Waals surface area contributed by atoms with E-state index in [1.807, 2.05) is 6.92 Å². The lowest BCUT2D eigenvalue weighted by Crippen LogP contribution is -2.25. The second-order valence-electron chi connectivity index (χ2n) is 5.63. The third-order valence-electron chi connectivity index (χ3n) is 3.04. The average molecular weight is 368 g/mol. The van der Waals surface area contributed by atoms with E-state index in [9.17, 15) is 14.4 Å². The first-order valence-electron chi connectivity index (χ1n) is 7.98. The van der Waals surface area contributed by atoms with Crippen LogP contribution in [0.25, 0.3) is 0 Å². The highest BCUT2D eigenvalue weighted by atomic mass is 35.5. The molecule has 0 aromatic heterocycles. The minimum Gasteiger partial charge on any atom is -0.465 e. The molecule has 1 unspecified atom stereocenters. The fourth-order valence-electron chi connectivity index (χ4n) is 1.83. The zero-order valence-electron chi connectivity index (χ0n) is 14.7. The van der Waals surface area contributed by atoms with Gasteiger partial charge < -0.3 is 9.47 Å². The maximum atomic E-state index is 12.0. The number of halogens is 1. The summed E-state index contributed by atoms with van der Waals surface area (Å²) in [5.74, 6) is -2.74. The van der Waals surface area contributed by atoms with Crippen LogP contribution in [0.2, 0.25) is 5.02 Å². The van der Waals surface area contributed by atoms with Gasteiger partial charge >= 0.3 is 11.9 Å². The van der Waals surface area contributed by atoms with E-state index in [1.165, 1.54) is 19.2 Å². The van der Waals surface area contributed by atoms with Gasteiger partial charge in [0.1, 0.15) is 5.78 Å². The number of ether oxygens (including phenoxy) is 2. The predicted octanol–water partition coefficient (Wildman–Crippen LogP) is 3.77. The molecule has 6 nitrogen and oxygen atoms in total. The van der Waals surface area contributed by atoms with Crippen molar-refractivity contribution in [1.82, 2.24) is 0 Å². The van der Waals surface area contributed by atoms with Crippen LogP contribution in [0.5, 0.6) is 0 Å². The van der Waals surface area contributed by atoms with Crippen LogP contribution in [0, 0.1) is 5.92 Å². The van der Waals surface area contributed by atoms with Crippen molar-refractivity contribution < 1.29 is 23.9 Å². The van der Waals surface area contributed by atoms with Crippen LogP contribution in [-0.2, 0) is 19.1 Å². The molecule has 25 heavy (non-hydrogen) atoms. The van der Waals surface area contributed by atoms with E-state index in [1.54, 1.807) is 26.0 Å². The molecule has 1 rings (SSSR count). The molecule has 0 amide bonds. The van der Waals surface area contributed by atoms with E-state index in [-0.39, 0.29) is 29.0 Å². The van der Waals surface area contributed by atoms with Gasteiger partial charge in [0.25, 0.3) is 0 Å². The minimum absolute atomic E-state index is 0.0913. The summed E-state index contributed by atoms with van der Waals surface area (Å²) in [4.78, 5) is 39.7. The van der Waals surface area contributed by atoms with Crippen molar-refractivity contribution in [1.29, 1.82) is 0 Å². The smallest absolute Gasteiger partial charge is 0.339 e. The van der Waals surface area contributed by atoms with Gasteiger partial charge in [-0.15, -0.1) is 0 Å². The molecule has 0 bridgehead atoms. The van der Waals surface area contributed by atoms with Crippen molar-refractivity contribution in [2.45, 2.75) is 40.2 Å². The van der Waals surface area contributed by atoms with Gasteiger partial charge in [0.2, 0.25) is 0 Å². The number of Topliss-reactive ketones (excluding diaryl/α,β-unsaturated/α-hetero) is 1. The Morgan fingerprint density at radius 2 is 1.96 bits per heavy atom. The van der Waals surface area contributed by atoms with Gasteiger partial charge in [-0.3, -0.25) is 14.6 Å². The number of hydrogen-bond acceptors (Lipinski definition) is 6. The Morgan fingerprint density at radius 1 is 1.28 bits per heavy atom. The van der Waals surface area contributed by atoms with Crippen molar-refractivity contribution in [3.8, 4) is 0 Å². The van der Waals surface area contributed by atoms with E-state index in [4.69, 9.17) is 21.1 Å². The van der Waals surface area contributed by atoms with Crippen LogP contribution in [-0.4, -0.2) is 36.6 Å². The average Bonchev–Trinajstić information content (AvgIpc) is 2.53. The third-order valence-corrected chi connectivity index (χ3v) is 3.44. The first-order valence-corrected chi connectivity index (χ1v) is 8.36. The van der Waals surface area contributed by atoms with Crippen molar-refractivity contribution in [2.75, 3.05) is 6.61 Å². The van der Waals surface area contributed by atoms with Crippen LogP contribution < -0.4 is 0 Å². The molecule has 1 aromatic carbocycles. The quantitative estimate of drug-likeness (QED) is 0.397. The highest BCUT2D eigenvalue weighted by Crippen LogP contribution is 2.29. The van der Waals surface area contributed by atoms with Crippen LogP contribution in [0.4, 0.5) is 5.69 Å². The summed E-state index contributed by atoms with van der Waals surface area (Å²) >= 11 is 6.20. The lowest BCUT2D eigenvalue weighted by Gasteiger charge is -2.11. The van der Waals surface area contributed by atoms with Gasteiger partial charge in [0.15, 0.2) is 5.92 Å². The number of rotatable bonds is 8. The van der Waals surface area contributed by atoms with E-state index < -0.39 is 23.6 Å². The topological polar surface area (TPSA) is 82.0 Å². The molecule has 0 aliphatic rings. The van der Waals surface area contributed by atoms with E-state index in [2.05, 4.69) is 4.99 Å². The van der Waals surface area contributed by atoms with E-state index >= 15 is 0 Å². The molecule has 0 heterocycles. The number of nitrogens with zero attached hydrogens (tertiary/aromatic N) is 1. The normalized spacial score (nSPS) is 12.2. The Kier molecular flexibility index (Phi) is 8.28. The van der Waals surface area contributed by atoms with Crippen molar-refractivity contribution in [2.24, 2.45) is 10.9 Å². The molecule has 0 saturated heterocycles. The number of esters is 2. The lowest BCUT2D eigenvalue weighted by atomic mass is 10.1. The molecule has 0 saturated carbocycles. The largest absolute Gasteiger partial charge is 0.465 e. The molecule has 7 heteroatoms. The van der Waals surface area contributed by atoms with Crippen LogP contribution in [0.15, 0.2) is 23.2 Å². The predicted molar refractivity (Wildman–Crippen MR) is 95.6 cm³/mol. The number of carbonyl (C=O) groups excluding carboxylic acids is 3. The Hall–Kier alpha value is -2.21. The van der Waals surface area contributed by atoms with Crippen molar-refractivity contribution in [3.63, 3.8) is 0 Å². The molecular weight excluding hydrogens is 346 g/mol. The first-order chi connectivity index (χ1) is 11.8. The van der Waals surface area contributed by atoms with Crippen LogP contribution in [0.1, 0.15) is 44.5 Å². The summed E-state index contributed by atoms with van der Waals surface area (Å²) in [7, 11) is 0. The Labute approximate surface area is 152 Å². The summed E-state index contributed by atoms with van der Waals surface area (Å²) in [5, 5.41) is 0.0913. The van der Waals surface area contributed by atoms with Gasteiger partial charge in [-0.25, -0.2) is 4.79 Å². The minimum atomic E-state index is -1.12. The maximum Gasteiger partial charge on any atom is 0.339 e. The maximum absolute atomic E-state index is 12.0. The third kappa shape index (κ3) is 6.31.